The summed E-state index contributed by atoms with van der Waals surface area (Å²) in [6.07, 6.45) is 18.6. The Morgan fingerprint density at radius 1 is 1.24 bits per heavy atom. The zero-order valence-corrected chi connectivity index (χ0v) is 22.3. The molecule has 2 aromatic rings. The van der Waals surface area contributed by atoms with E-state index >= 15 is 0 Å². The van der Waals surface area contributed by atoms with E-state index in [1.807, 2.05) is 63.9 Å². The molecule has 2 aromatic heterocycles. The maximum atomic E-state index is 5.40. The van der Waals surface area contributed by atoms with Crippen molar-refractivity contribution in [2.24, 2.45) is 9.98 Å². The molecule has 0 fully saturated rings. The van der Waals surface area contributed by atoms with Crippen molar-refractivity contribution < 1.29 is 0 Å². The average molecular weight is 516 g/mol. The quantitative estimate of drug-likeness (QED) is 0.339. The highest BCUT2D eigenvalue weighted by atomic mass is 35.5. The number of allylic oxidation sites excluding steroid dienone is 5. The van der Waals surface area contributed by atoms with E-state index in [1.54, 1.807) is 30.5 Å². The van der Waals surface area contributed by atoms with Gasteiger partial charge in [-0.2, -0.15) is 0 Å². The molecule has 0 radical (unpaired) electrons. The summed E-state index contributed by atoms with van der Waals surface area (Å²) in [4.78, 5) is 25.8. The van der Waals surface area contributed by atoms with Gasteiger partial charge in [0.05, 0.1) is 35.2 Å². The summed E-state index contributed by atoms with van der Waals surface area (Å²) >= 11 is 8.56. The molecule has 0 saturated carbocycles. The molecule has 1 aliphatic heterocycles. The molecule has 0 bridgehead atoms. The Bertz CT molecular complexity index is 1070. The third kappa shape index (κ3) is 10.6. The fraction of sp³-hybridized carbons (Fsp3) is 0.292. The van der Waals surface area contributed by atoms with Gasteiger partial charge >= 0.3 is 0 Å². The first-order valence-electron chi connectivity index (χ1n) is 10.5. The van der Waals surface area contributed by atoms with Gasteiger partial charge in [-0.05, 0) is 49.9 Å². The maximum absolute atomic E-state index is 5.40. The second-order valence-electron chi connectivity index (χ2n) is 7.36. The number of alkyl halides is 1. The van der Waals surface area contributed by atoms with Crippen LogP contribution in [0.5, 0.6) is 0 Å². The molecule has 10 heteroatoms. The molecule has 1 aliphatic rings. The van der Waals surface area contributed by atoms with Crippen molar-refractivity contribution in [2.75, 3.05) is 38.1 Å². The predicted molar refractivity (Wildman–Crippen MR) is 150 cm³/mol. The average Bonchev–Trinajstić information content (AvgIpc) is 3.17. The maximum Gasteiger partial charge on any atom is 0.188 e. The molecule has 1 N–H and O–H groups in total. The fourth-order valence-electron chi connectivity index (χ4n) is 2.48. The molecule has 0 spiro atoms. The minimum absolute atomic E-state index is 0.566. The molecule has 34 heavy (non-hydrogen) atoms. The SMILES string of the molecule is C=C(/C=C\C=C/CCl)SC.CC1=CC(c2cnc(Nc3cnc(CN(C)C)cn3)s2)=NC=NC1. The number of thiazole rings is 1. The number of hydrogen-bond donors (Lipinski definition) is 1. The van der Waals surface area contributed by atoms with Crippen molar-refractivity contribution in [3.05, 3.63) is 76.6 Å². The van der Waals surface area contributed by atoms with Gasteiger partial charge in [-0.15, -0.1) is 23.4 Å². The van der Waals surface area contributed by atoms with Gasteiger partial charge in [-0.25, -0.2) is 15.0 Å². The highest BCUT2D eigenvalue weighted by Gasteiger charge is 2.09. The van der Waals surface area contributed by atoms with Crippen molar-refractivity contribution in [3.63, 3.8) is 0 Å². The minimum atomic E-state index is 0.566. The molecule has 3 rings (SSSR count). The standard InChI is InChI=1S/C16H19N7S.C8H11ClS/c1-11-4-13(21-10-17-5-11)14-7-20-16(24-14)22-15-8-18-12(6-19-15)9-23(2)3;1-8(10-2)6-4-3-5-7-9/h4,6-8,10H,5,9H2,1-3H3,(H,19,20,22);3-6H,1,7H2,2H3/b;5-3-,6-4-. The Morgan fingerprint density at radius 3 is 2.74 bits per heavy atom. The van der Waals surface area contributed by atoms with Crippen molar-refractivity contribution in [1.82, 2.24) is 19.9 Å². The van der Waals surface area contributed by atoms with Gasteiger partial charge in [-0.1, -0.05) is 36.1 Å². The molecule has 7 nitrogen and oxygen atoms in total. The second-order valence-corrected chi connectivity index (χ2v) is 9.63. The Balaban J connectivity index is 0.000000347. The summed E-state index contributed by atoms with van der Waals surface area (Å²) in [6.45, 7) is 7.28. The number of hydrogen-bond acceptors (Lipinski definition) is 9. The summed E-state index contributed by atoms with van der Waals surface area (Å²) < 4.78 is 0. The van der Waals surface area contributed by atoms with E-state index in [-0.39, 0.29) is 0 Å². The summed E-state index contributed by atoms with van der Waals surface area (Å²) in [6, 6.07) is 0. The first-order chi connectivity index (χ1) is 16.4. The van der Waals surface area contributed by atoms with Crippen LogP contribution in [0.25, 0.3) is 0 Å². The largest absolute Gasteiger partial charge is 0.315 e. The van der Waals surface area contributed by atoms with Gasteiger partial charge in [-0.3, -0.25) is 9.98 Å². The number of aromatic nitrogens is 3. The van der Waals surface area contributed by atoms with E-state index in [9.17, 15) is 0 Å². The lowest BCUT2D eigenvalue weighted by molar-refractivity contribution is 0.396. The van der Waals surface area contributed by atoms with Crippen molar-refractivity contribution >= 4 is 57.7 Å². The highest BCUT2D eigenvalue weighted by Crippen LogP contribution is 2.23. The van der Waals surface area contributed by atoms with Gasteiger partial charge in [0.2, 0.25) is 0 Å². The number of aliphatic imine (C=N–C) groups is 2. The third-order valence-electron chi connectivity index (χ3n) is 4.06. The smallest absolute Gasteiger partial charge is 0.188 e. The molecule has 0 aliphatic carbocycles. The number of halogens is 1. The molecule has 180 valence electrons. The summed E-state index contributed by atoms with van der Waals surface area (Å²) in [5.41, 5.74) is 2.98. The molecule has 0 aromatic carbocycles. The van der Waals surface area contributed by atoms with Crippen LogP contribution in [-0.2, 0) is 6.54 Å². The summed E-state index contributed by atoms with van der Waals surface area (Å²) in [5, 5.41) is 3.94. The number of thioether (sulfide) groups is 1. The molecular formula is C24H30ClN7S2. The predicted octanol–water partition coefficient (Wildman–Crippen LogP) is 5.73. The van der Waals surface area contributed by atoms with Crippen LogP contribution in [0.15, 0.2) is 76.0 Å². The van der Waals surface area contributed by atoms with Crippen LogP contribution in [-0.4, -0.2) is 64.7 Å². The lowest BCUT2D eigenvalue weighted by atomic mass is 10.2. The van der Waals surface area contributed by atoms with Gasteiger partial charge in [0, 0.05) is 18.6 Å². The number of nitrogens with one attached hydrogen (secondary N) is 1. The molecule has 0 unspecified atom stereocenters. The number of rotatable bonds is 9. The van der Waals surface area contributed by atoms with Gasteiger partial charge in [0.25, 0.3) is 0 Å². The van der Waals surface area contributed by atoms with E-state index in [0.29, 0.717) is 18.2 Å². The Hall–Kier alpha value is -2.59. The fourth-order valence-corrected chi connectivity index (χ4v) is 3.59. The van der Waals surface area contributed by atoms with Crippen LogP contribution >= 0.6 is 34.7 Å². The van der Waals surface area contributed by atoms with Gasteiger partial charge < -0.3 is 10.2 Å². The summed E-state index contributed by atoms with van der Waals surface area (Å²) in [5.74, 6) is 1.24. The van der Waals surface area contributed by atoms with Crippen LogP contribution in [0.2, 0.25) is 0 Å². The number of nitrogens with zero attached hydrogens (tertiary/aromatic N) is 6. The summed E-state index contributed by atoms with van der Waals surface area (Å²) in [7, 11) is 4.00. The molecule has 0 saturated heterocycles. The topological polar surface area (TPSA) is 78.7 Å². The zero-order chi connectivity index (χ0) is 24.8. The van der Waals surface area contributed by atoms with Crippen molar-refractivity contribution in [1.29, 1.82) is 0 Å². The zero-order valence-electron chi connectivity index (χ0n) is 19.9. The normalized spacial score (nSPS) is 13.5. The Morgan fingerprint density at radius 2 is 2.06 bits per heavy atom. The van der Waals surface area contributed by atoms with Crippen LogP contribution in [0, 0.1) is 0 Å². The minimum Gasteiger partial charge on any atom is -0.315 e. The Labute approximate surface area is 215 Å². The Kier molecular flexibility index (Phi) is 12.5. The first kappa shape index (κ1) is 27.7. The number of anilines is 2. The van der Waals surface area contributed by atoms with E-state index < -0.39 is 0 Å². The van der Waals surface area contributed by atoms with Crippen molar-refractivity contribution in [2.45, 2.75) is 13.5 Å². The first-order valence-corrected chi connectivity index (χ1v) is 13.0. The van der Waals surface area contributed by atoms with E-state index in [1.165, 1.54) is 16.9 Å². The van der Waals surface area contributed by atoms with Gasteiger partial charge in [0.15, 0.2) is 10.9 Å². The van der Waals surface area contributed by atoms with Crippen LogP contribution in [0.4, 0.5) is 10.9 Å². The van der Waals surface area contributed by atoms with Crippen LogP contribution in [0.1, 0.15) is 17.5 Å². The van der Waals surface area contributed by atoms with Gasteiger partial charge in [0.1, 0.15) is 6.34 Å². The highest BCUT2D eigenvalue weighted by molar-refractivity contribution is 8.02. The van der Waals surface area contributed by atoms with Crippen molar-refractivity contribution in [3.8, 4) is 0 Å². The molecule has 0 atom stereocenters. The molecule has 0 amide bonds. The van der Waals surface area contributed by atoms with E-state index in [2.05, 4.69) is 41.7 Å². The van der Waals surface area contributed by atoms with Crippen LogP contribution in [0.3, 0.4) is 0 Å². The van der Waals surface area contributed by atoms with E-state index in [0.717, 1.165) is 32.9 Å². The second kappa shape index (κ2) is 15.3. The monoisotopic (exact) mass is 515 g/mol. The molecule has 3 heterocycles. The van der Waals surface area contributed by atoms with Crippen LogP contribution < -0.4 is 5.32 Å². The molecular weight excluding hydrogens is 486 g/mol. The van der Waals surface area contributed by atoms with E-state index in [4.69, 9.17) is 11.6 Å². The lowest BCUT2D eigenvalue weighted by Crippen LogP contribution is -2.12. The lowest BCUT2D eigenvalue weighted by Gasteiger charge is -2.08. The third-order valence-corrected chi connectivity index (χ3v) is 5.83.